The lowest BCUT2D eigenvalue weighted by atomic mass is 10.1. The summed E-state index contributed by atoms with van der Waals surface area (Å²) in [6, 6.07) is 6.08. The monoisotopic (exact) mass is 360 g/mol. The molecule has 0 aliphatic carbocycles. The second-order valence-corrected chi connectivity index (χ2v) is 4.39. The van der Waals surface area contributed by atoms with E-state index in [1.807, 2.05) is 24.4 Å². The second kappa shape index (κ2) is 6.07. The number of nitrogens with two attached hydrogens (primary N) is 2. The number of halogens is 2. The van der Waals surface area contributed by atoms with Gasteiger partial charge in [0.1, 0.15) is 0 Å². The molecule has 6 heteroatoms. The van der Waals surface area contributed by atoms with E-state index in [9.17, 15) is 0 Å². The van der Waals surface area contributed by atoms with Gasteiger partial charge in [-0.1, -0.05) is 22.0 Å². The smallest absolute Gasteiger partial charge is 0.185 e. The van der Waals surface area contributed by atoms with Crippen LogP contribution >= 0.6 is 32.9 Å². The number of guanidine groups is 1. The Balaban J connectivity index is 0.00000144. The van der Waals surface area contributed by atoms with Crippen molar-refractivity contribution in [1.29, 1.82) is 0 Å². The van der Waals surface area contributed by atoms with Crippen molar-refractivity contribution in [2.24, 2.45) is 16.5 Å². The first-order chi connectivity index (χ1) is 7.68. The van der Waals surface area contributed by atoms with E-state index < -0.39 is 0 Å². The van der Waals surface area contributed by atoms with Gasteiger partial charge in [0.15, 0.2) is 5.96 Å². The predicted octanol–water partition coefficient (Wildman–Crippen LogP) is 2.32. The second-order valence-electron chi connectivity index (χ2n) is 3.53. The molecule has 0 spiro atoms. The molecule has 0 fully saturated rings. The lowest BCUT2D eigenvalue weighted by molar-refractivity contribution is 0.969. The summed E-state index contributed by atoms with van der Waals surface area (Å²) in [5, 5.41) is 1.20. The first-order valence-electron chi connectivity index (χ1n) is 4.98. The molecule has 5 N–H and O–H groups in total. The van der Waals surface area contributed by atoms with Crippen molar-refractivity contribution in [2.75, 3.05) is 6.54 Å². The summed E-state index contributed by atoms with van der Waals surface area (Å²) in [5.41, 5.74) is 12.9. The number of H-pyrrole nitrogens is 1. The molecule has 0 radical (unpaired) electrons. The number of benzene rings is 1. The van der Waals surface area contributed by atoms with Crippen molar-refractivity contribution in [3.63, 3.8) is 0 Å². The summed E-state index contributed by atoms with van der Waals surface area (Å²) in [4.78, 5) is 7.21. The first-order valence-corrected chi connectivity index (χ1v) is 5.77. The third kappa shape index (κ3) is 3.23. The van der Waals surface area contributed by atoms with Gasteiger partial charge in [0.05, 0.1) is 0 Å². The molecule has 17 heavy (non-hydrogen) atoms. The molecule has 0 aliphatic rings. The van der Waals surface area contributed by atoms with Gasteiger partial charge in [0.2, 0.25) is 0 Å². The zero-order valence-electron chi connectivity index (χ0n) is 9.11. The number of aromatic nitrogens is 1. The fourth-order valence-electron chi connectivity index (χ4n) is 1.71. The topological polar surface area (TPSA) is 80.2 Å². The molecule has 1 aromatic heterocycles. The van der Waals surface area contributed by atoms with Gasteiger partial charge in [-0.25, -0.2) is 0 Å². The highest BCUT2D eigenvalue weighted by molar-refractivity contribution is 9.10. The Morgan fingerprint density at radius 3 is 2.82 bits per heavy atom. The van der Waals surface area contributed by atoms with Crippen LogP contribution in [0.2, 0.25) is 0 Å². The number of aliphatic imine (C=N–C) groups is 1. The molecule has 0 atom stereocenters. The van der Waals surface area contributed by atoms with Crippen LogP contribution in [0.4, 0.5) is 0 Å². The van der Waals surface area contributed by atoms with Crippen LogP contribution in [0.5, 0.6) is 0 Å². The van der Waals surface area contributed by atoms with E-state index in [1.165, 1.54) is 10.9 Å². The number of fused-ring (bicyclic) bond motifs is 1. The molecule has 0 amide bonds. The number of hydrogen-bond donors (Lipinski definition) is 3. The molecular formula is C11H14Br2N4. The number of nitrogens with zero attached hydrogens (tertiary/aromatic N) is 1. The molecule has 2 aromatic rings. The van der Waals surface area contributed by atoms with Crippen LogP contribution in [-0.4, -0.2) is 17.5 Å². The Bertz CT molecular complexity index is 529. The number of rotatable bonds is 3. The number of hydrogen-bond acceptors (Lipinski definition) is 1. The van der Waals surface area contributed by atoms with Crippen molar-refractivity contribution >= 4 is 49.8 Å². The van der Waals surface area contributed by atoms with E-state index in [0.29, 0.717) is 6.54 Å². The largest absolute Gasteiger partial charge is 0.370 e. The summed E-state index contributed by atoms with van der Waals surface area (Å²) in [6.45, 7) is 0.608. The molecule has 0 saturated heterocycles. The molecule has 0 aliphatic heterocycles. The highest BCUT2D eigenvalue weighted by Gasteiger charge is 2.05. The van der Waals surface area contributed by atoms with Crippen LogP contribution < -0.4 is 11.5 Å². The fraction of sp³-hybridized carbons (Fsp3) is 0.182. The molecule has 1 heterocycles. The average Bonchev–Trinajstić information content (AvgIpc) is 2.62. The van der Waals surface area contributed by atoms with Crippen LogP contribution in [0.3, 0.4) is 0 Å². The van der Waals surface area contributed by atoms with Crippen LogP contribution in [-0.2, 0) is 6.42 Å². The van der Waals surface area contributed by atoms with Gasteiger partial charge in [0.25, 0.3) is 0 Å². The highest BCUT2D eigenvalue weighted by atomic mass is 79.9. The van der Waals surface area contributed by atoms with Gasteiger partial charge in [-0.2, -0.15) is 0 Å². The minimum atomic E-state index is 0. The van der Waals surface area contributed by atoms with E-state index in [4.69, 9.17) is 11.5 Å². The van der Waals surface area contributed by atoms with E-state index >= 15 is 0 Å². The molecule has 4 nitrogen and oxygen atoms in total. The van der Waals surface area contributed by atoms with Gasteiger partial charge in [-0.15, -0.1) is 17.0 Å². The van der Waals surface area contributed by atoms with Crippen molar-refractivity contribution in [1.82, 2.24) is 4.98 Å². The van der Waals surface area contributed by atoms with Crippen LogP contribution in [0.1, 0.15) is 5.56 Å². The van der Waals surface area contributed by atoms with Crippen LogP contribution in [0, 0.1) is 0 Å². The molecule has 0 unspecified atom stereocenters. The Morgan fingerprint density at radius 2 is 2.12 bits per heavy atom. The predicted molar refractivity (Wildman–Crippen MR) is 80.7 cm³/mol. The van der Waals surface area contributed by atoms with E-state index in [2.05, 4.69) is 25.9 Å². The third-order valence-electron chi connectivity index (χ3n) is 2.41. The van der Waals surface area contributed by atoms with Gasteiger partial charge in [-0.05, 0) is 24.1 Å². The quantitative estimate of drug-likeness (QED) is 0.579. The molecule has 2 rings (SSSR count). The number of aromatic amines is 1. The van der Waals surface area contributed by atoms with Gasteiger partial charge >= 0.3 is 0 Å². The molecular weight excluding hydrogens is 348 g/mol. The SMILES string of the molecule is Br.NC(N)=NCCc1c[nH]c2cccc(Br)c12. The molecule has 0 saturated carbocycles. The lowest BCUT2D eigenvalue weighted by Crippen LogP contribution is -2.23. The summed E-state index contributed by atoms with van der Waals surface area (Å²) in [6.07, 6.45) is 2.82. The zero-order chi connectivity index (χ0) is 11.5. The van der Waals surface area contributed by atoms with Gasteiger partial charge < -0.3 is 16.5 Å². The Kier molecular flexibility index (Phi) is 5.02. The minimum Gasteiger partial charge on any atom is -0.370 e. The Morgan fingerprint density at radius 1 is 1.35 bits per heavy atom. The average molecular weight is 362 g/mol. The van der Waals surface area contributed by atoms with Crippen molar-refractivity contribution in [3.05, 3.63) is 34.4 Å². The maximum absolute atomic E-state index is 5.29. The van der Waals surface area contributed by atoms with Crippen molar-refractivity contribution < 1.29 is 0 Å². The van der Waals surface area contributed by atoms with Crippen molar-refractivity contribution in [2.45, 2.75) is 6.42 Å². The summed E-state index contributed by atoms with van der Waals surface area (Å²) in [5.74, 6) is 0.138. The van der Waals surface area contributed by atoms with E-state index in [0.717, 1.165) is 16.4 Å². The Labute approximate surface area is 118 Å². The highest BCUT2D eigenvalue weighted by Crippen LogP contribution is 2.27. The van der Waals surface area contributed by atoms with E-state index in [-0.39, 0.29) is 22.9 Å². The Hall–Kier alpha value is -1.01. The van der Waals surface area contributed by atoms with Gasteiger partial charge in [-0.3, -0.25) is 4.99 Å². The zero-order valence-corrected chi connectivity index (χ0v) is 12.4. The first kappa shape index (κ1) is 14.1. The molecule has 0 bridgehead atoms. The number of nitrogens with one attached hydrogen (secondary N) is 1. The standard InChI is InChI=1S/C11H13BrN4.BrH/c12-8-2-1-3-9-10(8)7(6-16-9)4-5-15-11(13)14;/h1-3,6,16H,4-5H2,(H4,13,14,15);1H. The lowest BCUT2D eigenvalue weighted by Gasteiger charge is -1.99. The maximum Gasteiger partial charge on any atom is 0.185 e. The van der Waals surface area contributed by atoms with Crippen molar-refractivity contribution in [3.8, 4) is 0 Å². The maximum atomic E-state index is 5.29. The normalized spacial score (nSPS) is 9.94. The minimum absolute atomic E-state index is 0. The fourth-order valence-corrected chi connectivity index (χ4v) is 2.33. The molecule has 92 valence electrons. The van der Waals surface area contributed by atoms with Gasteiger partial charge in [0, 0.05) is 28.1 Å². The molecule has 1 aromatic carbocycles. The van der Waals surface area contributed by atoms with Crippen LogP contribution in [0.25, 0.3) is 10.9 Å². The summed E-state index contributed by atoms with van der Waals surface area (Å²) >= 11 is 3.54. The van der Waals surface area contributed by atoms with E-state index in [1.54, 1.807) is 0 Å². The third-order valence-corrected chi connectivity index (χ3v) is 3.07. The summed E-state index contributed by atoms with van der Waals surface area (Å²) in [7, 11) is 0. The van der Waals surface area contributed by atoms with Crippen LogP contribution in [0.15, 0.2) is 33.9 Å². The summed E-state index contributed by atoms with van der Waals surface area (Å²) < 4.78 is 1.09.